The van der Waals surface area contributed by atoms with E-state index < -0.39 is 0 Å². The van der Waals surface area contributed by atoms with Gasteiger partial charge in [0.1, 0.15) is 0 Å². The lowest BCUT2D eigenvalue weighted by molar-refractivity contribution is 0.990. The van der Waals surface area contributed by atoms with Crippen molar-refractivity contribution in [2.75, 3.05) is 6.54 Å². The Morgan fingerprint density at radius 3 is 1.79 bits per heavy atom. The molecule has 0 atom stereocenters. The molecule has 3 aromatic carbocycles. The minimum absolute atomic E-state index is 0.750. The van der Waals surface area contributed by atoms with Crippen molar-refractivity contribution in [3.05, 3.63) is 139 Å². The number of nitrogens with one attached hydrogen (secondary N) is 1. The van der Waals surface area contributed by atoms with Gasteiger partial charge in [-0.15, -0.1) is 0 Å². The summed E-state index contributed by atoms with van der Waals surface area (Å²) < 4.78 is 0. The van der Waals surface area contributed by atoms with Gasteiger partial charge in [0, 0.05) is 54.2 Å². The van der Waals surface area contributed by atoms with Gasteiger partial charge in [-0.25, -0.2) is 0 Å². The number of dihydropyridines is 1. The summed E-state index contributed by atoms with van der Waals surface area (Å²) in [5.41, 5.74) is 8.72. The Hall–Kier alpha value is -5.09. The lowest BCUT2D eigenvalue weighted by Gasteiger charge is -2.22. The van der Waals surface area contributed by atoms with E-state index in [2.05, 4.69) is 87.1 Å². The van der Waals surface area contributed by atoms with Gasteiger partial charge in [-0.05, 0) is 74.7 Å². The summed E-state index contributed by atoms with van der Waals surface area (Å²) >= 11 is 0. The Kier molecular flexibility index (Phi) is 5.48. The normalized spacial score (nSPS) is 13.2. The number of hydrogen-bond donors (Lipinski definition) is 1. The molecular formula is C34H24N4. The summed E-state index contributed by atoms with van der Waals surface area (Å²) in [4.78, 5) is 13.8. The summed E-state index contributed by atoms with van der Waals surface area (Å²) in [7, 11) is 0. The molecule has 38 heavy (non-hydrogen) atoms. The van der Waals surface area contributed by atoms with Crippen LogP contribution in [0.4, 0.5) is 0 Å². The third-order valence-corrected chi connectivity index (χ3v) is 7.08. The van der Waals surface area contributed by atoms with Crippen molar-refractivity contribution >= 4 is 32.7 Å². The van der Waals surface area contributed by atoms with Gasteiger partial charge in [0.05, 0.1) is 11.4 Å². The van der Waals surface area contributed by atoms with E-state index in [0.717, 1.165) is 34.6 Å². The maximum absolute atomic E-state index is 4.63. The van der Waals surface area contributed by atoms with Crippen LogP contribution in [0.15, 0.2) is 128 Å². The van der Waals surface area contributed by atoms with Crippen LogP contribution >= 0.6 is 0 Å². The van der Waals surface area contributed by atoms with Gasteiger partial charge in [0.25, 0.3) is 0 Å². The van der Waals surface area contributed by atoms with Gasteiger partial charge in [-0.2, -0.15) is 0 Å². The van der Waals surface area contributed by atoms with Gasteiger partial charge in [0.2, 0.25) is 0 Å². The molecule has 6 aromatic rings. The van der Waals surface area contributed by atoms with Crippen LogP contribution in [-0.4, -0.2) is 21.5 Å². The first-order valence-electron chi connectivity index (χ1n) is 12.7. The first-order chi connectivity index (χ1) is 18.9. The zero-order valence-electron chi connectivity index (χ0n) is 20.7. The Bertz CT molecular complexity index is 1800. The average Bonchev–Trinajstić information content (AvgIpc) is 3.01. The molecule has 3 aromatic heterocycles. The molecule has 0 bridgehead atoms. The zero-order chi connectivity index (χ0) is 25.3. The lowest BCUT2D eigenvalue weighted by Crippen LogP contribution is -2.15. The topological polar surface area (TPSA) is 50.7 Å². The van der Waals surface area contributed by atoms with E-state index in [1.165, 1.54) is 38.2 Å². The third kappa shape index (κ3) is 3.84. The second kappa shape index (κ2) is 9.41. The summed E-state index contributed by atoms with van der Waals surface area (Å²) in [6.45, 7) is 0.750. The molecular weight excluding hydrogens is 464 g/mol. The molecule has 180 valence electrons. The zero-order valence-corrected chi connectivity index (χ0v) is 20.7. The molecule has 4 heterocycles. The number of aromatic nitrogens is 3. The Morgan fingerprint density at radius 1 is 0.579 bits per heavy atom. The molecule has 1 N–H and O–H groups in total. The van der Waals surface area contributed by atoms with Crippen molar-refractivity contribution in [3.8, 4) is 22.4 Å². The largest absolute Gasteiger partial charge is 0.386 e. The Labute approximate surface area is 221 Å². The van der Waals surface area contributed by atoms with Gasteiger partial charge in [0.15, 0.2) is 0 Å². The SMILES string of the molecule is C1=C(c2ccccn2)C=C(c2c3ccccc3c(-c3cncc(-c4ccccn4)c3)c3ccccc23)CN1. The Morgan fingerprint density at radius 2 is 1.16 bits per heavy atom. The van der Waals surface area contributed by atoms with Crippen LogP contribution in [0, 0.1) is 0 Å². The molecule has 0 fully saturated rings. The molecule has 0 spiro atoms. The average molecular weight is 489 g/mol. The first kappa shape index (κ1) is 22.1. The molecule has 1 aliphatic heterocycles. The summed E-state index contributed by atoms with van der Waals surface area (Å²) in [6, 6.07) is 31.6. The lowest BCUT2D eigenvalue weighted by atomic mass is 9.85. The number of allylic oxidation sites excluding steroid dienone is 2. The molecule has 0 radical (unpaired) electrons. The van der Waals surface area contributed by atoms with Crippen LogP contribution in [0.2, 0.25) is 0 Å². The van der Waals surface area contributed by atoms with E-state index in [-0.39, 0.29) is 0 Å². The minimum atomic E-state index is 0.750. The number of hydrogen-bond acceptors (Lipinski definition) is 4. The summed E-state index contributed by atoms with van der Waals surface area (Å²) in [5, 5.41) is 8.35. The highest BCUT2D eigenvalue weighted by molar-refractivity contribution is 6.19. The standard InChI is InChI=1S/C34H24N4/c1-2-10-28-27(9-1)33(25-17-23(19-35-21-25)31-13-5-7-15-37-31)29-11-3-4-12-30(29)34(28)26-18-24(20-36-22-26)32-14-6-8-16-38-32/h1-21,36H,22H2. The van der Waals surface area contributed by atoms with Crippen LogP contribution in [0.3, 0.4) is 0 Å². The molecule has 1 aliphatic rings. The molecule has 0 aliphatic carbocycles. The Balaban J connectivity index is 1.48. The first-order valence-corrected chi connectivity index (χ1v) is 12.7. The van der Waals surface area contributed by atoms with Gasteiger partial charge < -0.3 is 5.32 Å². The predicted octanol–water partition coefficient (Wildman–Crippen LogP) is 7.54. The molecule has 0 saturated carbocycles. The van der Waals surface area contributed by atoms with Crippen LogP contribution in [-0.2, 0) is 0 Å². The summed E-state index contributed by atoms with van der Waals surface area (Å²) in [5.74, 6) is 0. The number of nitrogens with zero attached hydrogens (tertiary/aromatic N) is 3. The maximum atomic E-state index is 4.63. The van der Waals surface area contributed by atoms with Crippen molar-refractivity contribution in [3.63, 3.8) is 0 Å². The van der Waals surface area contributed by atoms with Crippen molar-refractivity contribution < 1.29 is 0 Å². The number of benzene rings is 3. The molecule has 0 saturated heterocycles. The minimum Gasteiger partial charge on any atom is -0.386 e. The van der Waals surface area contributed by atoms with E-state index in [4.69, 9.17) is 0 Å². The van der Waals surface area contributed by atoms with E-state index in [1.54, 1.807) is 0 Å². The summed E-state index contributed by atoms with van der Waals surface area (Å²) in [6.07, 6.45) is 11.8. The van der Waals surface area contributed by atoms with E-state index in [9.17, 15) is 0 Å². The second-order valence-corrected chi connectivity index (χ2v) is 9.38. The molecule has 4 heteroatoms. The number of rotatable bonds is 4. The van der Waals surface area contributed by atoms with Gasteiger partial charge in [-0.1, -0.05) is 60.7 Å². The molecule has 7 rings (SSSR count). The van der Waals surface area contributed by atoms with Crippen molar-refractivity contribution in [1.82, 2.24) is 20.3 Å². The van der Waals surface area contributed by atoms with Crippen molar-refractivity contribution in [1.29, 1.82) is 0 Å². The smallest absolute Gasteiger partial charge is 0.0717 e. The van der Waals surface area contributed by atoms with Crippen molar-refractivity contribution in [2.45, 2.75) is 0 Å². The van der Waals surface area contributed by atoms with E-state index in [1.807, 2.05) is 61.2 Å². The second-order valence-electron chi connectivity index (χ2n) is 9.38. The van der Waals surface area contributed by atoms with E-state index >= 15 is 0 Å². The van der Waals surface area contributed by atoms with Crippen LogP contribution in [0.5, 0.6) is 0 Å². The molecule has 0 unspecified atom stereocenters. The quantitative estimate of drug-likeness (QED) is 0.261. The number of pyridine rings is 3. The number of fused-ring (bicyclic) bond motifs is 2. The fourth-order valence-corrected chi connectivity index (χ4v) is 5.43. The van der Waals surface area contributed by atoms with Crippen LogP contribution < -0.4 is 5.32 Å². The highest BCUT2D eigenvalue weighted by atomic mass is 14.8. The predicted molar refractivity (Wildman–Crippen MR) is 156 cm³/mol. The monoisotopic (exact) mass is 488 g/mol. The maximum Gasteiger partial charge on any atom is 0.0717 e. The van der Waals surface area contributed by atoms with Gasteiger partial charge >= 0.3 is 0 Å². The molecule has 0 amide bonds. The van der Waals surface area contributed by atoms with Crippen molar-refractivity contribution in [2.24, 2.45) is 0 Å². The van der Waals surface area contributed by atoms with Crippen LogP contribution in [0.25, 0.3) is 55.1 Å². The highest BCUT2D eigenvalue weighted by Crippen LogP contribution is 2.42. The van der Waals surface area contributed by atoms with Crippen LogP contribution in [0.1, 0.15) is 11.3 Å². The van der Waals surface area contributed by atoms with E-state index in [0.29, 0.717) is 0 Å². The fourth-order valence-electron chi connectivity index (χ4n) is 5.43. The highest BCUT2D eigenvalue weighted by Gasteiger charge is 2.19. The fraction of sp³-hybridized carbons (Fsp3) is 0.0294. The third-order valence-electron chi connectivity index (χ3n) is 7.08. The van der Waals surface area contributed by atoms with Gasteiger partial charge in [-0.3, -0.25) is 15.0 Å². The molecule has 4 nitrogen and oxygen atoms in total.